The summed E-state index contributed by atoms with van der Waals surface area (Å²) in [6, 6.07) is 23.2. The molecule has 1 saturated carbocycles. The van der Waals surface area contributed by atoms with Crippen molar-refractivity contribution in [1.82, 2.24) is 5.32 Å². The molecular weight excluding hydrogens is 520 g/mol. The zero-order valence-corrected chi connectivity index (χ0v) is 21.4. The fraction of sp³-hybridized carbons (Fsp3) is 0.276. The largest absolute Gasteiger partial charge is 0.430 e. The van der Waals surface area contributed by atoms with Crippen molar-refractivity contribution in [2.45, 2.75) is 50.3 Å². The lowest BCUT2D eigenvalue weighted by molar-refractivity contribution is -0.153. The monoisotopic (exact) mass is 546 g/mol. The average molecular weight is 547 g/mol. The summed E-state index contributed by atoms with van der Waals surface area (Å²) >= 11 is 3.48. The molecule has 1 atom stereocenters. The molecule has 1 aliphatic heterocycles. The van der Waals surface area contributed by atoms with Crippen LogP contribution in [0.4, 0.5) is 5.69 Å². The molecule has 1 fully saturated rings. The molecule has 7 heteroatoms. The predicted molar refractivity (Wildman–Crippen MR) is 140 cm³/mol. The number of fused-ring (bicyclic) bond motifs is 1. The van der Waals surface area contributed by atoms with E-state index in [2.05, 4.69) is 21.2 Å². The Morgan fingerprint density at radius 1 is 0.944 bits per heavy atom. The van der Waals surface area contributed by atoms with Crippen LogP contribution in [0.2, 0.25) is 0 Å². The van der Waals surface area contributed by atoms with Crippen LogP contribution >= 0.6 is 15.9 Å². The van der Waals surface area contributed by atoms with Crippen LogP contribution in [0.3, 0.4) is 0 Å². The van der Waals surface area contributed by atoms with Crippen molar-refractivity contribution in [3.8, 4) is 0 Å². The molecule has 1 N–H and O–H groups in total. The molecule has 0 saturated heterocycles. The van der Waals surface area contributed by atoms with Crippen molar-refractivity contribution in [2.24, 2.45) is 0 Å². The molecule has 2 aliphatic rings. The first-order valence-electron chi connectivity index (χ1n) is 12.2. The Morgan fingerprint density at radius 2 is 1.61 bits per heavy atom. The van der Waals surface area contributed by atoms with Crippen LogP contribution in [0.15, 0.2) is 83.3 Å². The third kappa shape index (κ3) is 4.55. The van der Waals surface area contributed by atoms with Crippen LogP contribution < -0.4 is 10.2 Å². The van der Waals surface area contributed by atoms with E-state index in [9.17, 15) is 14.4 Å². The Bertz CT molecular complexity index is 1270. The van der Waals surface area contributed by atoms with Gasteiger partial charge < -0.3 is 15.0 Å². The molecule has 1 heterocycles. The van der Waals surface area contributed by atoms with Crippen LogP contribution in [-0.2, 0) is 26.5 Å². The lowest BCUT2D eigenvalue weighted by Crippen LogP contribution is -2.56. The predicted octanol–water partition coefficient (Wildman–Crippen LogP) is 5.50. The fourth-order valence-electron chi connectivity index (χ4n) is 5.03. The van der Waals surface area contributed by atoms with E-state index in [1.807, 2.05) is 36.4 Å². The average Bonchev–Trinajstić information content (AvgIpc) is 3.13. The molecule has 0 bridgehead atoms. The molecule has 3 aromatic carbocycles. The number of carbonyl (C=O) groups is 3. The van der Waals surface area contributed by atoms with Gasteiger partial charge in [0.05, 0.1) is 17.8 Å². The SMILES string of the molecule is O=C(OC1(C(=O)NC2CCCCC2)C(=O)N(Cc2ccccc2)c2ccc(Br)cc21)c1ccccc1. The summed E-state index contributed by atoms with van der Waals surface area (Å²) in [5, 5.41) is 3.05. The second-order valence-electron chi connectivity index (χ2n) is 9.28. The number of ether oxygens (including phenoxy) is 1. The Hall–Kier alpha value is -3.45. The van der Waals surface area contributed by atoms with Gasteiger partial charge in [0.15, 0.2) is 0 Å². The second kappa shape index (κ2) is 10.3. The van der Waals surface area contributed by atoms with E-state index in [1.54, 1.807) is 42.5 Å². The molecule has 0 spiro atoms. The Balaban J connectivity index is 1.60. The first-order valence-corrected chi connectivity index (χ1v) is 13.0. The zero-order chi connectivity index (χ0) is 25.1. The highest BCUT2D eigenvalue weighted by Crippen LogP contribution is 2.46. The van der Waals surface area contributed by atoms with Gasteiger partial charge in [0.1, 0.15) is 0 Å². The van der Waals surface area contributed by atoms with Crippen LogP contribution in [0, 0.1) is 0 Å². The number of rotatable bonds is 6. The second-order valence-corrected chi connectivity index (χ2v) is 10.2. The highest BCUT2D eigenvalue weighted by molar-refractivity contribution is 9.10. The van der Waals surface area contributed by atoms with Crippen molar-refractivity contribution in [3.63, 3.8) is 0 Å². The summed E-state index contributed by atoms with van der Waals surface area (Å²) in [5.41, 5.74) is -0.0500. The number of benzene rings is 3. The zero-order valence-electron chi connectivity index (χ0n) is 19.8. The number of nitrogens with one attached hydrogen (secondary N) is 1. The topological polar surface area (TPSA) is 75.7 Å². The quantitative estimate of drug-likeness (QED) is 0.327. The van der Waals surface area contributed by atoms with Crippen LogP contribution in [0.5, 0.6) is 0 Å². The molecule has 184 valence electrons. The van der Waals surface area contributed by atoms with Crippen LogP contribution in [-0.4, -0.2) is 23.8 Å². The summed E-state index contributed by atoms with van der Waals surface area (Å²) < 4.78 is 6.67. The molecule has 5 rings (SSSR count). The minimum atomic E-state index is -2.13. The van der Waals surface area contributed by atoms with Crippen LogP contribution in [0.25, 0.3) is 0 Å². The lowest BCUT2D eigenvalue weighted by Gasteiger charge is -2.31. The van der Waals surface area contributed by atoms with Gasteiger partial charge in [-0.05, 0) is 48.7 Å². The third-order valence-electron chi connectivity index (χ3n) is 6.87. The number of hydrogen-bond acceptors (Lipinski definition) is 4. The summed E-state index contributed by atoms with van der Waals surface area (Å²) in [5.74, 6) is -1.90. The standard InChI is InChI=1S/C29H27BrN2O4/c30-22-16-17-25-24(18-22)29(27(34)31-23-14-8-3-9-15-23,36-26(33)21-12-6-2-7-13-21)28(35)32(25)19-20-10-4-1-5-11-20/h1-2,4-7,10-13,16-18,23H,3,8-9,14-15,19H2,(H,31,34). The number of hydrogen-bond donors (Lipinski definition) is 1. The first kappa shape index (κ1) is 24.3. The molecule has 2 amide bonds. The minimum absolute atomic E-state index is 0.0647. The third-order valence-corrected chi connectivity index (χ3v) is 7.37. The molecular formula is C29H27BrN2O4. The van der Waals surface area contributed by atoms with Crippen molar-refractivity contribution in [2.75, 3.05) is 4.90 Å². The van der Waals surface area contributed by atoms with Crippen molar-refractivity contribution in [3.05, 3.63) is 100 Å². The number of halogens is 1. The highest BCUT2D eigenvalue weighted by atomic mass is 79.9. The van der Waals surface area contributed by atoms with Gasteiger partial charge in [-0.1, -0.05) is 83.7 Å². The fourth-order valence-corrected chi connectivity index (χ4v) is 5.39. The summed E-state index contributed by atoms with van der Waals surface area (Å²) in [7, 11) is 0. The summed E-state index contributed by atoms with van der Waals surface area (Å²) in [6.45, 7) is 0.246. The van der Waals surface area contributed by atoms with E-state index in [0.29, 0.717) is 15.7 Å². The maximum atomic E-state index is 14.2. The van der Waals surface area contributed by atoms with E-state index in [1.165, 1.54) is 4.90 Å². The number of esters is 1. The number of anilines is 1. The van der Waals surface area contributed by atoms with E-state index in [0.717, 1.165) is 37.7 Å². The minimum Gasteiger partial charge on any atom is -0.430 e. The smallest absolute Gasteiger partial charge is 0.340 e. The van der Waals surface area contributed by atoms with Gasteiger partial charge in [-0.25, -0.2) is 4.79 Å². The lowest BCUT2D eigenvalue weighted by atomic mass is 9.91. The molecule has 0 aromatic heterocycles. The number of carbonyl (C=O) groups excluding carboxylic acids is 3. The highest BCUT2D eigenvalue weighted by Gasteiger charge is 2.60. The van der Waals surface area contributed by atoms with Gasteiger partial charge in [-0.2, -0.15) is 0 Å². The Labute approximate surface area is 218 Å². The number of amides is 2. The molecule has 6 nitrogen and oxygen atoms in total. The van der Waals surface area contributed by atoms with Crippen molar-refractivity contribution < 1.29 is 19.1 Å². The summed E-state index contributed by atoms with van der Waals surface area (Å²) in [6.07, 6.45) is 4.82. The molecule has 3 aromatic rings. The van der Waals surface area contributed by atoms with E-state index in [4.69, 9.17) is 4.74 Å². The molecule has 36 heavy (non-hydrogen) atoms. The van der Waals surface area contributed by atoms with E-state index < -0.39 is 23.4 Å². The maximum Gasteiger partial charge on any atom is 0.340 e. The van der Waals surface area contributed by atoms with Crippen molar-refractivity contribution >= 4 is 39.4 Å². The van der Waals surface area contributed by atoms with Gasteiger partial charge in [-0.15, -0.1) is 0 Å². The first-order chi connectivity index (χ1) is 17.5. The maximum absolute atomic E-state index is 14.2. The van der Waals surface area contributed by atoms with Gasteiger partial charge >= 0.3 is 5.97 Å². The molecule has 0 radical (unpaired) electrons. The van der Waals surface area contributed by atoms with Gasteiger partial charge in [0.25, 0.3) is 17.4 Å². The number of nitrogens with zero attached hydrogens (tertiary/aromatic N) is 1. The van der Waals surface area contributed by atoms with Crippen molar-refractivity contribution in [1.29, 1.82) is 0 Å². The van der Waals surface area contributed by atoms with Gasteiger partial charge in [0.2, 0.25) is 0 Å². The Kier molecular flexibility index (Phi) is 6.92. The van der Waals surface area contributed by atoms with Gasteiger partial charge in [-0.3, -0.25) is 9.59 Å². The van der Waals surface area contributed by atoms with E-state index in [-0.39, 0.29) is 18.2 Å². The van der Waals surface area contributed by atoms with E-state index >= 15 is 0 Å². The normalized spacial score (nSPS) is 19.6. The van der Waals surface area contributed by atoms with Gasteiger partial charge in [0, 0.05) is 16.1 Å². The molecule has 1 aliphatic carbocycles. The summed E-state index contributed by atoms with van der Waals surface area (Å²) in [4.78, 5) is 43.1. The Morgan fingerprint density at radius 3 is 2.31 bits per heavy atom. The van der Waals surface area contributed by atoms with Crippen LogP contribution in [0.1, 0.15) is 53.6 Å². The molecule has 1 unspecified atom stereocenters.